The smallest absolute Gasteiger partial charge is 0.340 e. The number of hydrogen-bond acceptors (Lipinski definition) is 5. The Morgan fingerprint density at radius 1 is 1.43 bits per heavy atom. The van der Waals surface area contributed by atoms with Crippen molar-refractivity contribution in [2.24, 2.45) is 0 Å². The summed E-state index contributed by atoms with van der Waals surface area (Å²) in [5.74, 6) is -0.843. The van der Waals surface area contributed by atoms with Crippen molar-refractivity contribution in [2.45, 2.75) is 11.6 Å². The van der Waals surface area contributed by atoms with Gasteiger partial charge in [0.1, 0.15) is 11.3 Å². The number of H-pyrrole nitrogens is 1. The van der Waals surface area contributed by atoms with Crippen LogP contribution < -0.4 is 9.46 Å². The predicted molar refractivity (Wildman–Crippen MR) is 72.6 cm³/mol. The Morgan fingerprint density at radius 3 is 2.81 bits per heavy atom. The van der Waals surface area contributed by atoms with Gasteiger partial charge in [-0.05, 0) is 6.07 Å². The topological polar surface area (TPSA) is 121 Å². The summed E-state index contributed by atoms with van der Waals surface area (Å²) in [6.07, 6.45) is 0.944. The van der Waals surface area contributed by atoms with Crippen LogP contribution in [0.1, 0.15) is 15.9 Å². The van der Waals surface area contributed by atoms with Gasteiger partial charge in [-0.2, -0.15) is 5.10 Å². The number of para-hydroxylation sites is 1. The van der Waals surface area contributed by atoms with Gasteiger partial charge in [-0.1, -0.05) is 18.2 Å². The normalized spacial score (nSPS) is 11.3. The summed E-state index contributed by atoms with van der Waals surface area (Å²) in [4.78, 5) is 10.9. The molecule has 1 heterocycles. The van der Waals surface area contributed by atoms with Crippen molar-refractivity contribution in [3.8, 4) is 5.75 Å². The second-order valence-corrected chi connectivity index (χ2v) is 5.76. The van der Waals surface area contributed by atoms with Crippen LogP contribution in [0.25, 0.3) is 0 Å². The number of carbonyl (C=O) groups is 1. The number of nitrogens with one attached hydrogen (secondary N) is 2. The van der Waals surface area contributed by atoms with Crippen molar-refractivity contribution in [3.63, 3.8) is 0 Å². The number of rotatable bonds is 6. The average molecular weight is 311 g/mol. The maximum Gasteiger partial charge on any atom is 0.340 e. The third kappa shape index (κ3) is 3.20. The number of carboxylic acids is 1. The lowest BCUT2D eigenvalue weighted by atomic mass is 10.2. The Bertz CT molecular complexity index is 754. The molecule has 0 aliphatic heterocycles. The maximum absolute atomic E-state index is 12.1. The summed E-state index contributed by atoms with van der Waals surface area (Å²) in [5.41, 5.74) is 0.211. The molecule has 0 fully saturated rings. The molecule has 0 radical (unpaired) electrons. The summed E-state index contributed by atoms with van der Waals surface area (Å²) in [6, 6.07) is 6.90. The Labute approximate surface area is 120 Å². The first-order valence-electron chi connectivity index (χ1n) is 5.84. The Hall–Kier alpha value is -2.39. The summed E-state index contributed by atoms with van der Waals surface area (Å²) >= 11 is 0. The SMILES string of the molecule is COc1ccccc1CNS(=O)(=O)c1[nH]ncc1C(=O)O. The molecule has 9 heteroatoms. The van der Waals surface area contributed by atoms with Crippen molar-refractivity contribution >= 4 is 16.0 Å². The highest BCUT2D eigenvalue weighted by Gasteiger charge is 2.24. The van der Waals surface area contributed by atoms with E-state index in [1.165, 1.54) is 7.11 Å². The van der Waals surface area contributed by atoms with Crippen LogP contribution in [0, 0.1) is 0 Å². The highest BCUT2D eigenvalue weighted by Crippen LogP contribution is 2.18. The number of nitrogens with zero attached hydrogens (tertiary/aromatic N) is 1. The first-order valence-corrected chi connectivity index (χ1v) is 7.32. The zero-order valence-corrected chi connectivity index (χ0v) is 11.8. The lowest BCUT2D eigenvalue weighted by Gasteiger charge is -2.09. The number of sulfonamides is 1. The molecule has 0 saturated carbocycles. The highest BCUT2D eigenvalue weighted by molar-refractivity contribution is 7.89. The molecule has 1 aromatic carbocycles. The number of aromatic amines is 1. The van der Waals surface area contributed by atoms with Gasteiger partial charge in [0, 0.05) is 12.1 Å². The number of hydrogen-bond donors (Lipinski definition) is 3. The number of benzene rings is 1. The largest absolute Gasteiger partial charge is 0.496 e. The lowest BCUT2D eigenvalue weighted by molar-refractivity contribution is 0.0692. The van der Waals surface area contributed by atoms with Crippen molar-refractivity contribution in [3.05, 3.63) is 41.6 Å². The van der Waals surface area contributed by atoms with E-state index in [2.05, 4.69) is 14.9 Å². The second kappa shape index (κ2) is 5.94. The van der Waals surface area contributed by atoms with E-state index < -0.39 is 26.6 Å². The van der Waals surface area contributed by atoms with Crippen LogP contribution in [0.5, 0.6) is 5.75 Å². The minimum absolute atomic E-state index is 0.0373. The van der Waals surface area contributed by atoms with Crippen molar-refractivity contribution in [1.82, 2.24) is 14.9 Å². The molecular formula is C12H13N3O5S. The first kappa shape index (κ1) is 15.0. The molecule has 0 spiro atoms. The van der Waals surface area contributed by atoms with Gasteiger partial charge in [0.25, 0.3) is 10.0 Å². The fourth-order valence-corrected chi connectivity index (χ4v) is 2.82. The summed E-state index contributed by atoms with van der Waals surface area (Å²) in [5, 5.41) is 14.1. The van der Waals surface area contributed by atoms with Gasteiger partial charge < -0.3 is 9.84 Å². The lowest BCUT2D eigenvalue weighted by Crippen LogP contribution is -2.25. The van der Waals surface area contributed by atoms with E-state index in [1.807, 2.05) is 0 Å². The van der Waals surface area contributed by atoms with E-state index >= 15 is 0 Å². The van der Waals surface area contributed by atoms with Gasteiger partial charge >= 0.3 is 5.97 Å². The number of aromatic carboxylic acids is 1. The van der Waals surface area contributed by atoms with Gasteiger partial charge in [-0.25, -0.2) is 17.9 Å². The van der Waals surface area contributed by atoms with Gasteiger partial charge in [0.2, 0.25) is 0 Å². The van der Waals surface area contributed by atoms with Crippen LogP contribution in [-0.2, 0) is 16.6 Å². The van der Waals surface area contributed by atoms with Gasteiger partial charge in [-0.15, -0.1) is 0 Å². The van der Waals surface area contributed by atoms with Crippen LogP contribution in [0.3, 0.4) is 0 Å². The minimum Gasteiger partial charge on any atom is -0.496 e. The average Bonchev–Trinajstić information content (AvgIpc) is 2.96. The van der Waals surface area contributed by atoms with Crippen molar-refractivity contribution in [1.29, 1.82) is 0 Å². The highest BCUT2D eigenvalue weighted by atomic mass is 32.2. The van der Waals surface area contributed by atoms with E-state index in [1.54, 1.807) is 24.3 Å². The Balaban J connectivity index is 2.22. The van der Waals surface area contributed by atoms with Gasteiger partial charge in [-0.3, -0.25) is 5.10 Å². The number of aromatic nitrogens is 2. The number of carboxylic acid groups (broad SMARTS) is 1. The molecule has 2 aromatic rings. The molecule has 8 nitrogen and oxygen atoms in total. The summed E-state index contributed by atoms with van der Waals surface area (Å²) in [7, 11) is -2.54. The van der Waals surface area contributed by atoms with Gasteiger partial charge in [0.05, 0.1) is 13.3 Å². The monoisotopic (exact) mass is 311 g/mol. The fraction of sp³-hybridized carbons (Fsp3) is 0.167. The van der Waals surface area contributed by atoms with E-state index in [9.17, 15) is 13.2 Å². The molecule has 0 aliphatic carbocycles. The zero-order valence-electron chi connectivity index (χ0n) is 11.0. The number of methoxy groups -OCH3 is 1. The molecule has 3 N–H and O–H groups in total. The standard InChI is InChI=1S/C12H13N3O5S/c1-20-10-5-3-2-4-8(10)6-14-21(18,19)11-9(12(16)17)7-13-15-11/h2-5,7,14H,6H2,1H3,(H,13,15)(H,16,17). The molecule has 0 bridgehead atoms. The van der Waals surface area contributed by atoms with Crippen molar-refractivity contribution in [2.75, 3.05) is 7.11 Å². The first-order chi connectivity index (χ1) is 9.95. The maximum atomic E-state index is 12.1. The third-order valence-corrected chi connectivity index (χ3v) is 4.12. The Kier molecular flexibility index (Phi) is 4.24. The van der Waals surface area contributed by atoms with Crippen LogP contribution in [0.15, 0.2) is 35.5 Å². The van der Waals surface area contributed by atoms with Crippen LogP contribution >= 0.6 is 0 Å². The molecule has 0 unspecified atom stereocenters. The third-order valence-electron chi connectivity index (χ3n) is 2.75. The van der Waals surface area contributed by atoms with Crippen LogP contribution in [0.4, 0.5) is 0 Å². The quantitative estimate of drug-likeness (QED) is 0.718. The van der Waals surface area contributed by atoms with Gasteiger partial charge in [0.15, 0.2) is 5.03 Å². The molecule has 2 rings (SSSR count). The Morgan fingerprint density at radius 2 is 2.14 bits per heavy atom. The van der Waals surface area contributed by atoms with Crippen molar-refractivity contribution < 1.29 is 23.1 Å². The van der Waals surface area contributed by atoms with E-state index in [0.717, 1.165) is 6.20 Å². The van der Waals surface area contributed by atoms with E-state index in [0.29, 0.717) is 11.3 Å². The molecule has 0 amide bonds. The van der Waals surface area contributed by atoms with E-state index in [-0.39, 0.29) is 6.54 Å². The second-order valence-electron chi connectivity index (χ2n) is 4.05. The molecule has 0 aliphatic rings. The molecule has 21 heavy (non-hydrogen) atoms. The molecule has 1 aromatic heterocycles. The molecule has 112 valence electrons. The minimum atomic E-state index is -4.02. The summed E-state index contributed by atoms with van der Waals surface area (Å²) < 4.78 is 31.6. The fourth-order valence-electron chi connectivity index (χ4n) is 1.73. The predicted octanol–water partition coefficient (Wildman–Crippen LogP) is 0.595. The molecule has 0 saturated heterocycles. The van der Waals surface area contributed by atoms with E-state index in [4.69, 9.17) is 9.84 Å². The van der Waals surface area contributed by atoms with Crippen LogP contribution in [0.2, 0.25) is 0 Å². The zero-order chi connectivity index (χ0) is 15.5. The van der Waals surface area contributed by atoms with Crippen LogP contribution in [-0.4, -0.2) is 36.8 Å². The summed E-state index contributed by atoms with van der Waals surface area (Å²) in [6.45, 7) is -0.0373. The number of ether oxygens (including phenoxy) is 1. The molecular weight excluding hydrogens is 298 g/mol. The molecule has 0 atom stereocenters.